The minimum absolute atomic E-state index is 0.227. The van der Waals surface area contributed by atoms with E-state index in [4.69, 9.17) is 4.74 Å². The van der Waals surface area contributed by atoms with Crippen LogP contribution in [0.5, 0.6) is 5.88 Å². The van der Waals surface area contributed by atoms with E-state index in [1.165, 1.54) is 0 Å². The number of rotatable bonds is 6. The number of hydrogen-bond acceptors (Lipinski definition) is 3. The van der Waals surface area contributed by atoms with Crippen molar-refractivity contribution >= 4 is 0 Å². The smallest absolute Gasteiger partial charge is 0.392 e. The molecule has 1 heterocycles. The summed E-state index contributed by atoms with van der Waals surface area (Å²) in [5, 5.41) is 3.07. The standard InChI is InChI=1S/C11H15F3N2O/c1-2-15-8-9-4-3-5-10(16-9)17-7-6-11(12,13)14/h3-5,15H,2,6-8H2,1H3. The van der Waals surface area contributed by atoms with E-state index >= 15 is 0 Å². The molecule has 0 spiro atoms. The van der Waals surface area contributed by atoms with Gasteiger partial charge in [-0.1, -0.05) is 13.0 Å². The van der Waals surface area contributed by atoms with Gasteiger partial charge in [0, 0.05) is 12.6 Å². The minimum Gasteiger partial charge on any atom is -0.477 e. The molecule has 1 rings (SSSR count). The van der Waals surface area contributed by atoms with Crippen LogP contribution in [0, 0.1) is 0 Å². The highest BCUT2D eigenvalue weighted by molar-refractivity contribution is 5.15. The lowest BCUT2D eigenvalue weighted by Crippen LogP contribution is -2.15. The largest absolute Gasteiger partial charge is 0.477 e. The first kappa shape index (κ1) is 13.8. The molecule has 0 radical (unpaired) electrons. The van der Waals surface area contributed by atoms with E-state index in [0.29, 0.717) is 6.54 Å². The number of ether oxygens (including phenoxy) is 1. The fourth-order valence-electron chi connectivity index (χ4n) is 1.16. The molecular weight excluding hydrogens is 233 g/mol. The third-order valence-corrected chi connectivity index (χ3v) is 1.97. The van der Waals surface area contributed by atoms with Crippen LogP contribution in [0.15, 0.2) is 18.2 Å². The van der Waals surface area contributed by atoms with Crippen molar-refractivity contribution in [3.63, 3.8) is 0 Å². The molecule has 0 aliphatic carbocycles. The zero-order chi connectivity index (χ0) is 12.7. The van der Waals surface area contributed by atoms with Crippen molar-refractivity contribution in [2.24, 2.45) is 0 Å². The van der Waals surface area contributed by atoms with Gasteiger partial charge in [0.1, 0.15) is 0 Å². The Bertz CT molecular complexity index is 342. The predicted octanol–water partition coefficient (Wildman–Crippen LogP) is 2.52. The van der Waals surface area contributed by atoms with Gasteiger partial charge >= 0.3 is 6.18 Å². The molecule has 96 valence electrons. The van der Waals surface area contributed by atoms with Crippen LogP contribution in [-0.4, -0.2) is 24.3 Å². The van der Waals surface area contributed by atoms with Crippen molar-refractivity contribution in [2.75, 3.05) is 13.2 Å². The first-order valence-electron chi connectivity index (χ1n) is 5.37. The molecule has 0 bridgehead atoms. The van der Waals surface area contributed by atoms with Crippen molar-refractivity contribution in [3.05, 3.63) is 23.9 Å². The molecule has 0 amide bonds. The van der Waals surface area contributed by atoms with E-state index in [1.807, 2.05) is 6.92 Å². The average molecular weight is 248 g/mol. The van der Waals surface area contributed by atoms with Gasteiger partial charge < -0.3 is 10.1 Å². The number of hydrogen-bond donors (Lipinski definition) is 1. The summed E-state index contributed by atoms with van der Waals surface area (Å²) in [4.78, 5) is 4.08. The van der Waals surface area contributed by atoms with Crippen LogP contribution < -0.4 is 10.1 Å². The zero-order valence-corrected chi connectivity index (χ0v) is 9.55. The van der Waals surface area contributed by atoms with Crippen molar-refractivity contribution < 1.29 is 17.9 Å². The highest BCUT2D eigenvalue weighted by Gasteiger charge is 2.26. The Kier molecular flexibility index (Phi) is 5.21. The highest BCUT2D eigenvalue weighted by Crippen LogP contribution is 2.19. The molecular formula is C11H15F3N2O. The predicted molar refractivity (Wildman–Crippen MR) is 57.8 cm³/mol. The number of nitrogens with one attached hydrogen (secondary N) is 1. The number of halogens is 3. The van der Waals surface area contributed by atoms with E-state index in [9.17, 15) is 13.2 Å². The molecule has 1 N–H and O–H groups in total. The van der Waals surface area contributed by atoms with Gasteiger partial charge in [0.15, 0.2) is 0 Å². The van der Waals surface area contributed by atoms with E-state index < -0.39 is 19.2 Å². The third kappa shape index (κ3) is 6.11. The van der Waals surface area contributed by atoms with E-state index in [1.54, 1.807) is 18.2 Å². The van der Waals surface area contributed by atoms with Crippen LogP contribution in [0.25, 0.3) is 0 Å². The molecule has 0 unspecified atom stereocenters. The average Bonchev–Trinajstić information content (AvgIpc) is 2.25. The maximum absolute atomic E-state index is 11.9. The lowest BCUT2D eigenvalue weighted by atomic mass is 10.3. The van der Waals surface area contributed by atoms with Gasteiger partial charge in [-0.2, -0.15) is 13.2 Å². The lowest BCUT2D eigenvalue weighted by Gasteiger charge is -2.09. The van der Waals surface area contributed by atoms with Gasteiger partial charge in [0.25, 0.3) is 0 Å². The second kappa shape index (κ2) is 6.44. The molecule has 3 nitrogen and oxygen atoms in total. The van der Waals surface area contributed by atoms with Crippen molar-refractivity contribution in [2.45, 2.75) is 26.1 Å². The molecule has 0 saturated heterocycles. The van der Waals surface area contributed by atoms with Gasteiger partial charge in [0.2, 0.25) is 5.88 Å². The number of pyridine rings is 1. The Morgan fingerprint density at radius 3 is 2.76 bits per heavy atom. The fourth-order valence-corrected chi connectivity index (χ4v) is 1.16. The summed E-state index contributed by atoms with van der Waals surface area (Å²) in [6.07, 6.45) is -5.16. The van der Waals surface area contributed by atoms with Crippen LogP contribution in [0.4, 0.5) is 13.2 Å². The van der Waals surface area contributed by atoms with E-state index in [-0.39, 0.29) is 5.88 Å². The summed E-state index contributed by atoms with van der Waals surface area (Å²) in [6.45, 7) is 2.94. The van der Waals surface area contributed by atoms with Crippen LogP contribution in [-0.2, 0) is 6.54 Å². The summed E-state index contributed by atoms with van der Waals surface area (Å²) < 4.78 is 40.6. The lowest BCUT2D eigenvalue weighted by molar-refractivity contribution is -0.139. The fraction of sp³-hybridized carbons (Fsp3) is 0.545. The molecule has 1 aromatic rings. The summed E-state index contributed by atoms with van der Waals surface area (Å²) in [5.74, 6) is 0.227. The molecule has 6 heteroatoms. The monoisotopic (exact) mass is 248 g/mol. The highest BCUT2D eigenvalue weighted by atomic mass is 19.4. The minimum atomic E-state index is -4.19. The van der Waals surface area contributed by atoms with Crippen LogP contribution in [0.1, 0.15) is 19.0 Å². The van der Waals surface area contributed by atoms with Crippen LogP contribution >= 0.6 is 0 Å². The number of aromatic nitrogens is 1. The Morgan fingerprint density at radius 1 is 1.35 bits per heavy atom. The van der Waals surface area contributed by atoms with Crippen LogP contribution in [0.3, 0.4) is 0 Å². The molecule has 17 heavy (non-hydrogen) atoms. The maximum Gasteiger partial charge on any atom is 0.392 e. The molecule has 0 fully saturated rings. The molecule has 0 saturated carbocycles. The Hall–Kier alpha value is -1.30. The topological polar surface area (TPSA) is 34.1 Å². The number of alkyl halides is 3. The Morgan fingerprint density at radius 2 is 2.12 bits per heavy atom. The molecule has 1 aromatic heterocycles. The molecule has 0 atom stereocenters. The second-order valence-electron chi connectivity index (χ2n) is 3.46. The maximum atomic E-state index is 11.9. The summed E-state index contributed by atoms with van der Waals surface area (Å²) in [5.41, 5.74) is 0.747. The summed E-state index contributed by atoms with van der Waals surface area (Å²) in [6, 6.07) is 5.05. The summed E-state index contributed by atoms with van der Waals surface area (Å²) in [7, 11) is 0. The Balaban J connectivity index is 2.43. The quantitative estimate of drug-likeness (QED) is 0.840. The normalized spacial score (nSPS) is 11.5. The number of nitrogens with zero attached hydrogens (tertiary/aromatic N) is 1. The van der Waals surface area contributed by atoms with E-state index in [2.05, 4.69) is 10.3 Å². The van der Waals surface area contributed by atoms with Crippen molar-refractivity contribution in [1.29, 1.82) is 0 Å². The SMILES string of the molecule is CCNCc1cccc(OCCC(F)(F)F)n1. The molecule has 0 aliphatic heterocycles. The van der Waals surface area contributed by atoms with Gasteiger partial charge in [-0.15, -0.1) is 0 Å². The van der Waals surface area contributed by atoms with Gasteiger partial charge in [-0.3, -0.25) is 0 Å². The van der Waals surface area contributed by atoms with Crippen molar-refractivity contribution in [1.82, 2.24) is 10.3 Å². The summed E-state index contributed by atoms with van der Waals surface area (Å²) >= 11 is 0. The second-order valence-corrected chi connectivity index (χ2v) is 3.46. The third-order valence-electron chi connectivity index (χ3n) is 1.97. The molecule has 0 aliphatic rings. The molecule has 0 aromatic carbocycles. The van der Waals surface area contributed by atoms with Gasteiger partial charge in [0.05, 0.1) is 18.7 Å². The first-order valence-corrected chi connectivity index (χ1v) is 5.37. The van der Waals surface area contributed by atoms with E-state index in [0.717, 1.165) is 12.2 Å². The van der Waals surface area contributed by atoms with Crippen molar-refractivity contribution in [3.8, 4) is 5.88 Å². The first-order chi connectivity index (χ1) is 8.01. The zero-order valence-electron chi connectivity index (χ0n) is 9.55. The van der Waals surface area contributed by atoms with Gasteiger partial charge in [-0.05, 0) is 12.6 Å². The van der Waals surface area contributed by atoms with Crippen LogP contribution in [0.2, 0.25) is 0 Å². The Labute approximate surface area is 98.0 Å². The van der Waals surface area contributed by atoms with Gasteiger partial charge in [-0.25, -0.2) is 4.98 Å².